The molecule has 0 saturated carbocycles. The van der Waals surface area contributed by atoms with Crippen molar-refractivity contribution in [2.24, 2.45) is 0 Å². The first-order chi connectivity index (χ1) is 27.2. The van der Waals surface area contributed by atoms with Crippen LogP contribution in [0.25, 0.3) is 107 Å². The van der Waals surface area contributed by atoms with Crippen LogP contribution in [0, 0.1) is 0 Å². The summed E-state index contributed by atoms with van der Waals surface area (Å²) in [6, 6.07) is 56.8. The molecule has 7 aromatic carbocycles. The number of rotatable bonds is 6. The summed E-state index contributed by atoms with van der Waals surface area (Å²) in [4.78, 5) is 24.3. The second-order valence-corrected chi connectivity index (χ2v) is 13.4. The zero-order valence-corrected chi connectivity index (χ0v) is 29.2. The summed E-state index contributed by atoms with van der Waals surface area (Å²) in [5, 5.41) is 2.10. The van der Waals surface area contributed by atoms with Crippen LogP contribution in [0.1, 0.15) is 0 Å². The maximum Gasteiger partial charge on any atom is 0.227 e. The molecule has 4 heterocycles. The minimum atomic E-state index is 0.575. The number of para-hydroxylation sites is 4. The molecule has 0 aliphatic rings. The Balaban J connectivity index is 1.06. The molecule has 0 atom stereocenters. The van der Waals surface area contributed by atoms with Gasteiger partial charge < -0.3 is 13.4 Å². The molecule has 4 aromatic heterocycles. The summed E-state index contributed by atoms with van der Waals surface area (Å²) >= 11 is 0. The maximum atomic E-state index is 6.20. The molecule has 11 aromatic rings. The minimum absolute atomic E-state index is 0.575. The molecule has 0 radical (unpaired) electrons. The molecule has 8 heteroatoms. The normalized spacial score (nSPS) is 11.6. The number of benzene rings is 7. The van der Waals surface area contributed by atoms with Crippen LogP contribution in [0.2, 0.25) is 0 Å². The van der Waals surface area contributed by atoms with Gasteiger partial charge in [0.05, 0.1) is 11.0 Å². The molecule has 8 nitrogen and oxygen atoms in total. The molecule has 0 N–H and O–H groups in total. The van der Waals surface area contributed by atoms with E-state index in [-0.39, 0.29) is 0 Å². The van der Waals surface area contributed by atoms with Crippen molar-refractivity contribution in [3.8, 4) is 62.8 Å². The summed E-state index contributed by atoms with van der Waals surface area (Å²) in [5.41, 5.74) is 10.8. The highest BCUT2D eigenvalue weighted by Gasteiger charge is 2.19. The van der Waals surface area contributed by atoms with E-state index in [0.29, 0.717) is 29.3 Å². The summed E-state index contributed by atoms with van der Waals surface area (Å²) in [6.07, 6.45) is 0. The smallest absolute Gasteiger partial charge is 0.227 e. The van der Waals surface area contributed by atoms with Gasteiger partial charge in [0.15, 0.2) is 28.6 Å². The number of hydrogen-bond donors (Lipinski definition) is 0. The Hall–Kier alpha value is -7.71. The fourth-order valence-electron chi connectivity index (χ4n) is 7.26. The molecule has 0 spiro atoms. The molecule has 0 unspecified atom stereocenters. The number of hydrogen-bond acceptors (Lipinski definition) is 7. The first-order valence-electron chi connectivity index (χ1n) is 18.0. The highest BCUT2D eigenvalue weighted by molar-refractivity contribution is 6.11. The van der Waals surface area contributed by atoms with Gasteiger partial charge in [0.1, 0.15) is 11.0 Å². The van der Waals surface area contributed by atoms with Crippen molar-refractivity contribution in [2.45, 2.75) is 0 Å². The van der Waals surface area contributed by atoms with Gasteiger partial charge >= 0.3 is 0 Å². The average Bonchev–Trinajstić information content (AvgIpc) is 3.98. The number of fused-ring (bicyclic) bond motifs is 5. The monoisotopic (exact) mass is 708 g/mol. The standard InChI is InChI=1S/C47H28N6O2/c1-3-11-29(12-4-1)43-50-44(30-13-5-2-6-14-30)52-45(51-43)31-19-23-34(24-20-31)53-39-25-21-32(46-48-37-15-7-9-17-41(37)54-46)27-35(39)36-28-33(22-26-40(36)53)47-49-38-16-8-10-18-42(38)55-47/h1-28H. The summed E-state index contributed by atoms with van der Waals surface area (Å²) < 4.78 is 14.7. The van der Waals surface area contributed by atoms with Gasteiger partial charge in [-0.1, -0.05) is 84.9 Å². The molecule has 11 rings (SSSR count). The van der Waals surface area contributed by atoms with Gasteiger partial charge in [0.25, 0.3) is 0 Å². The van der Waals surface area contributed by atoms with Crippen molar-refractivity contribution in [1.82, 2.24) is 29.5 Å². The van der Waals surface area contributed by atoms with Crippen molar-refractivity contribution in [2.75, 3.05) is 0 Å². The van der Waals surface area contributed by atoms with Gasteiger partial charge in [-0.2, -0.15) is 0 Å². The first-order valence-corrected chi connectivity index (χ1v) is 18.0. The van der Waals surface area contributed by atoms with Gasteiger partial charge in [0.2, 0.25) is 11.8 Å². The van der Waals surface area contributed by atoms with Gasteiger partial charge in [-0.05, 0) is 84.9 Å². The molecule has 0 aliphatic heterocycles. The molecule has 0 saturated heterocycles. The van der Waals surface area contributed by atoms with Crippen LogP contribution in [0.5, 0.6) is 0 Å². The summed E-state index contributed by atoms with van der Waals surface area (Å²) in [7, 11) is 0. The van der Waals surface area contributed by atoms with Crippen LogP contribution < -0.4 is 0 Å². The van der Waals surface area contributed by atoms with E-state index < -0.39 is 0 Å². The Bertz CT molecular complexity index is 2950. The second kappa shape index (κ2) is 12.5. The number of aromatic nitrogens is 6. The Labute approximate surface area is 314 Å². The van der Waals surface area contributed by atoms with Crippen molar-refractivity contribution in [3.05, 3.63) is 170 Å². The third kappa shape index (κ3) is 5.35. The third-order valence-electron chi connectivity index (χ3n) is 9.93. The van der Waals surface area contributed by atoms with Crippen molar-refractivity contribution >= 4 is 44.0 Å². The van der Waals surface area contributed by atoms with E-state index in [1.165, 1.54) is 0 Å². The predicted molar refractivity (Wildman–Crippen MR) is 216 cm³/mol. The summed E-state index contributed by atoms with van der Waals surface area (Å²) in [6.45, 7) is 0. The van der Waals surface area contributed by atoms with E-state index in [2.05, 4.69) is 65.2 Å². The number of oxazole rings is 2. The highest BCUT2D eigenvalue weighted by atomic mass is 16.4. The molecular weight excluding hydrogens is 681 g/mol. The van der Waals surface area contributed by atoms with E-state index >= 15 is 0 Å². The molecular formula is C47H28N6O2. The molecule has 0 aliphatic carbocycles. The maximum absolute atomic E-state index is 6.20. The van der Waals surface area contributed by atoms with Crippen LogP contribution >= 0.6 is 0 Å². The fraction of sp³-hybridized carbons (Fsp3) is 0. The van der Waals surface area contributed by atoms with E-state index in [1.807, 2.05) is 109 Å². The minimum Gasteiger partial charge on any atom is -0.436 e. The molecule has 0 amide bonds. The molecule has 258 valence electrons. The zero-order chi connectivity index (χ0) is 36.3. The average molecular weight is 709 g/mol. The van der Waals surface area contributed by atoms with Crippen LogP contribution in [-0.4, -0.2) is 29.5 Å². The van der Waals surface area contributed by atoms with Gasteiger partial charge in [-0.15, -0.1) is 0 Å². The van der Waals surface area contributed by atoms with Crippen LogP contribution in [0.3, 0.4) is 0 Å². The Morgan fingerprint density at radius 2 is 0.745 bits per heavy atom. The quantitative estimate of drug-likeness (QED) is 0.170. The van der Waals surface area contributed by atoms with Gasteiger partial charge in [-0.25, -0.2) is 24.9 Å². The third-order valence-corrected chi connectivity index (χ3v) is 9.93. The SMILES string of the molecule is c1ccc(-c2nc(-c3ccccc3)nc(-c3ccc(-n4c5ccc(-c6nc7ccccc7o6)cc5c5cc(-c6nc7ccccc7o6)ccc54)cc3)n2)cc1. The lowest BCUT2D eigenvalue weighted by molar-refractivity contribution is 0.619. The van der Waals surface area contributed by atoms with Crippen molar-refractivity contribution < 1.29 is 8.83 Å². The van der Waals surface area contributed by atoms with Gasteiger partial charge in [-0.3, -0.25) is 0 Å². The lowest BCUT2D eigenvalue weighted by Gasteiger charge is -2.11. The molecule has 0 bridgehead atoms. The van der Waals surface area contributed by atoms with Gasteiger partial charge in [0, 0.05) is 44.3 Å². The zero-order valence-electron chi connectivity index (χ0n) is 29.2. The lowest BCUT2D eigenvalue weighted by Crippen LogP contribution is -2.00. The van der Waals surface area contributed by atoms with E-state index in [9.17, 15) is 0 Å². The predicted octanol–water partition coefficient (Wildman–Crippen LogP) is 11.6. The second-order valence-electron chi connectivity index (χ2n) is 13.4. The van der Waals surface area contributed by atoms with E-state index in [0.717, 1.165) is 77.5 Å². The molecule has 55 heavy (non-hydrogen) atoms. The van der Waals surface area contributed by atoms with Crippen LogP contribution in [-0.2, 0) is 0 Å². The van der Waals surface area contributed by atoms with Crippen molar-refractivity contribution in [3.63, 3.8) is 0 Å². The number of nitrogens with zero attached hydrogens (tertiary/aromatic N) is 6. The highest BCUT2D eigenvalue weighted by Crippen LogP contribution is 2.38. The van der Waals surface area contributed by atoms with Crippen molar-refractivity contribution in [1.29, 1.82) is 0 Å². The largest absolute Gasteiger partial charge is 0.436 e. The fourth-order valence-corrected chi connectivity index (χ4v) is 7.26. The Morgan fingerprint density at radius 3 is 1.20 bits per heavy atom. The van der Waals surface area contributed by atoms with Crippen LogP contribution in [0.4, 0.5) is 0 Å². The topological polar surface area (TPSA) is 95.7 Å². The molecule has 0 fully saturated rings. The van der Waals surface area contributed by atoms with E-state index in [4.69, 9.17) is 33.8 Å². The summed E-state index contributed by atoms with van der Waals surface area (Å²) in [5.74, 6) is 3.00. The first kappa shape index (κ1) is 30.9. The van der Waals surface area contributed by atoms with E-state index in [1.54, 1.807) is 0 Å². The Kier molecular flexibility index (Phi) is 6.99. The lowest BCUT2D eigenvalue weighted by atomic mass is 10.1. The Morgan fingerprint density at radius 1 is 0.345 bits per heavy atom. The van der Waals surface area contributed by atoms with Crippen LogP contribution in [0.15, 0.2) is 179 Å².